The van der Waals surface area contributed by atoms with Crippen molar-refractivity contribution in [3.63, 3.8) is 0 Å². The van der Waals surface area contributed by atoms with E-state index in [-0.39, 0.29) is 16.8 Å². The van der Waals surface area contributed by atoms with E-state index in [1.54, 1.807) is 26.4 Å². The minimum Gasteiger partial charge on any atom is -0.493 e. The van der Waals surface area contributed by atoms with Gasteiger partial charge in [-0.3, -0.25) is 0 Å². The predicted molar refractivity (Wildman–Crippen MR) is 113 cm³/mol. The van der Waals surface area contributed by atoms with Gasteiger partial charge in [0.15, 0.2) is 11.5 Å². The Morgan fingerprint density at radius 1 is 1.03 bits per heavy atom. The maximum Gasteiger partial charge on any atom is 0.161 e. The lowest BCUT2D eigenvalue weighted by Crippen LogP contribution is -2.45. The first-order valence-corrected chi connectivity index (χ1v) is 10.2. The Morgan fingerprint density at radius 2 is 1.76 bits per heavy atom. The molecule has 0 aliphatic carbocycles. The van der Waals surface area contributed by atoms with Crippen LogP contribution in [0.15, 0.2) is 42.5 Å². The molecule has 0 bridgehead atoms. The number of ether oxygens (including phenoxy) is 3. The van der Waals surface area contributed by atoms with E-state index in [1.807, 2.05) is 30.3 Å². The van der Waals surface area contributed by atoms with Gasteiger partial charge in [0.05, 0.1) is 19.8 Å². The van der Waals surface area contributed by atoms with Crippen molar-refractivity contribution in [3.05, 3.63) is 59.4 Å². The van der Waals surface area contributed by atoms with Gasteiger partial charge in [-0.05, 0) is 75.0 Å². The van der Waals surface area contributed by atoms with Crippen LogP contribution >= 0.6 is 0 Å². The molecule has 2 aromatic carbocycles. The normalized spacial score (nSPS) is 21.0. The summed E-state index contributed by atoms with van der Waals surface area (Å²) in [5.74, 6) is 1.28. The summed E-state index contributed by atoms with van der Waals surface area (Å²) in [6.07, 6.45) is 2.84. The summed E-state index contributed by atoms with van der Waals surface area (Å²) in [6.45, 7) is 6.62. The number of hydrogen-bond acceptors (Lipinski definition) is 4. The molecule has 1 saturated heterocycles. The summed E-state index contributed by atoms with van der Waals surface area (Å²) in [5.41, 5.74) is 2.14. The topological polar surface area (TPSA) is 39.7 Å². The molecule has 4 nitrogen and oxygen atoms in total. The fourth-order valence-corrected chi connectivity index (χ4v) is 4.44. The highest BCUT2D eigenvalue weighted by Crippen LogP contribution is 2.43. The Morgan fingerprint density at radius 3 is 2.41 bits per heavy atom. The van der Waals surface area contributed by atoms with E-state index in [1.165, 1.54) is 5.56 Å². The third-order valence-electron chi connectivity index (χ3n) is 5.85. The molecule has 1 heterocycles. The van der Waals surface area contributed by atoms with Crippen molar-refractivity contribution in [2.45, 2.75) is 50.7 Å². The van der Waals surface area contributed by atoms with Crippen LogP contribution in [0, 0.1) is 5.82 Å². The minimum absolute atomic E-state index is 0.0138. The molecule has 158 valence electrons. The molecule has 2 aromatic rings. The Kier molecular flexibility index (Phi) is 6.81. The van der Waals surface area contributed by atoms with E-state index in [0.29, 0.717) is 0 Å². The van der Waals surface area contributed by atoms with Crippen LogP contribution in [-0.4, -0.2) is 33.0 Å². The molecule has 0 amide bonds. The van der Waals surface area contributed by atoms with Crippen LogP contribution in [0.4, 0.5) is 4.39 Å². The Balaban J connectivity index is 1.67. The molecule has 1 aliphatic heterocycles. The summed E-state index contributed by atoms with van der Waals surface area (Å²) >= 11 is 0. The van der Waals surface area contributed by atoms with E-state index >= 15 is 0 Å². The van der Waals surface area contributed by atoms with Crippen LogP contribution in [0.25, 0.3) is 0 Å². The van der Waals surface area contributed by atoms with Crippen molar-refractivity contribution in [2.75, 3.05) is 27.4 Å². The summed E-state index contributed by atoms with van der Waals surface area (Å²) in [5, 5.41) is 3.56. The van der Waals surface area contributed by atoms with Gasteiger partial charge in [-0.2, -0.15) is 0 Å². The third-order valence-corrected chi connectivity index (χ3v) is 5.85. The second-order valence-electron chi connectivity index (χ2n) is 8.44. The molecule has 0 radical (unpaired) electrons. The van der Waals surface area contributed by atoms with Crippen molar-refractivity contribution in [2.24, 2.45) is 0 Å². The van der Waals surface area contributed by atoms with Crippen molar-refractivity contribution >= 4 is 0 Å². The summed E-state index contributed by atoms with van der Waals surface area (Å²) in [7, 11) is 3.29. The predicted octanol–water partition coefficient (Wildman–Crippen LogP) is 4.85. The lowest BCUT2D eigenvalue weighted by molar-refractivity contribution is -0.0840. The fraction of sp³-hybridized carbons (Fsp3) is 0.500. The van der Waals surface area contributed by atoms with Gasteiger partial charge < -0.3 is 19.5 Å². The summed E-state index contributed by atoms with van der Waals surface area (Å²) in [6, 6.07) is 13.0. The fourth-order valence-electron chi connectivity index (χ4n) is 4.44. The zero-order valence-electron chi connectivity index (χ0n) is 17.9. The summed E-state index contributed by atoms with van der Waals surface area (Å²) < 4.78 is 30.1. The van der Waals surface area contributed by atoms with Gasteiger partial charge in [-0.15, -0.1) is 0 Å². The van der Waals surface area contributed by atoms with E-state index in [0.717, 1.165) is 56.0 Å². The van der Waals surface area contributed by atoms with Gasteiger partial charge in [0.25, 0.3) is 0 Å². The number of methoxy groups -OCH3 is 2. The number of halogens is 1. The molecule has 1 N–H and O–H groups in total. The highest BCUT2D eigenvalue weighted by Gasteiger charge is 2.41. The quantitative estimate of drug-likeness (QED) is 0.642. The van der Waals surface area contributed by atoms with Crippen LogP contribution in [0.1, 0.15) is 44.2 Å². The van der Waals surface area contributed by atoms with Crippen LogP contribution < -0.4 is 14.8 Å². The zero-order valence-corrected chi connectivity index (χ0v) is 17.9. The number of nitrogens with one attached hydrogen (secondary N) is 1. The molecule has 5 heteroatoms. The molecule has 3 rings (SSSR count). The monoisotopic (exact) mass is 401 g/mol. The van der Waals surface area contributed by atoms with Crippen LogP contribution in [0.5, 0.6) is 11.5 Å². The second-order valence-corrected chi connectivity index (χ2v) is 8.44. The molecule has 1 aliphatic rings. The lowest BCUT2D eigenvalue weighted by atomic mass is 9.67. The molecule has 0 unspecified atom stereocenters. The Labute approximate surface area is 173 Å². The first-order valence-electron chi connectivity index (χ1n) is 10.2. The van der Waals surface area contributed by atoms with Crippen molar-refractivity contribution < 1.29 is 18.6 Å². The molecule has 0 spiro atoms. The highest BCUT2D eigenvalue weighted by atomic mass is 19.1. The highest BCUT2D eigenvalue weighted by molar-refractivity contribution is 5.42. The van der Waals surface area contributed by atoms with Gasteiger partial charge in [0, 0.05) is 18.6 Å². The van der Waals surface area contributed by atoms with Crippen LogP contribution in [0.3, 0.4) is 0 Å². The first-order chi connectivity index (χ1) is 13.9. The molecule has 29 heavy (non-hydrogen) atoms. The van der Waals surface area contributed by atoms with Gasteiger partial charge in [0.2, 0.25) is 0 Å². The molecule has 0 aromatic heterocycles. The van der Waals surface area contributed by atoms with E-state index < -0.39 is 0 Å². The van der Waals surface area contributed by atoms with Crippen LogP contribution in [-0.2, 0) is 16.7 Å². The number of rotatable bonds is 8. The smallest absolute Gasteiger partial charge is 0.161 e. The maximum absolute atomic E-state index is 13.5. The first kappa shape index (κ1) is 21.6. The maximum atomic E-state index is 13.5. The van der Waals surface area contributed by atoms with Gasteiger partial charge in [0.1, 0.15) is 5.82 Å². The van der Waals surface area contributed by atoms with E-state index in [4.69, 9.17) is 14.2 Å². The molecular weight excluding hydrogens is 369 g/mol. The van der Waals surface area contributed by atoms with Crippen molar-refractivity contribution in [1.29, 1.82) is 0 Å². The Bertz CT molecular complexity index is 806. The zero-order chi connectivity index (χ0) is 20.9. The Hall–Kier alpha value is -2.11. The van der Waals surface area contributed by atoms with Crippen molar-refractivity contribution in [1.82, 2.24) is 5.32 Å². The second kappa shape index (κ2) is 9.14. The van der Waals surface area contributed by atoms with Gasteiger partial charge >= 0.3 is 0 Å². The van der Waals surface area contributed by atoms with E-state index in [2.05, 4.69) is 19.2 Å². The standard InChI is InChI=1S/C24H32FNO3/c1-23(2)17-24(12-14-29-23,19-6-8-20(25)9-7-19)11-13-26-16-18-5-10-21(27-3)22(15-18)28-4/h5-10,15,26H,11-14,16-17H2,1-4H3/t24-/m0/s1. The van der Waals surface area contributed by atoms with Crippen LogP contribution in [0.2, 0.25) is 0 Å². The van der Waals surface area contributed by atoms with Gasteiger partial charge in [-0.25, -0.2) is 4.39 Å². The SMILES string of the molecule is COc1ccc(CNCC[C@]2(c3ccc(F)cc3)CCOC(C)(C)C2)cc1OC. The molecule has 1 atom stereocenters. The summed E-state index contributed by atoms with van der Waals surface area (Å²) in [4.78, 5) is 0. The average Bonchev–Trinajstić information content (AvgIpc) is 2.70. The minimum atomic E-state index is -0.193. The lowest BCUT2D eigenvalue weighted by Gasteiger charge is -2.45. The largest absolute Gasteiger partial charge is 0.493 e. The van der Waals surface area contributed by atoms with E-state index in [9.17, 15) is 4.39 Å². The third kappa shape index (κ3) is 5.28. The van der Waals surface area contributed by atoms with Crippen molar-refractivity contribution in [3.8, 4) is 11.5 Å². The molecule has 0 saturated carbocycles. The number of benzene rings is 2. The van der Waals surface area contributed by atoms with Gasteiger partial charge in [-0.1, -0.05) is 18.2 Å². The average molecular weight is 402 g/mol. The molecular formula is C24H32FNO3. The molecule has 1 fully saturated rings. The number of hydrogen-bond donors (Lipinski definition) is 1.